The normalized spacial score (nSPS) is 11.0. The third-order valence-electron chi connectivity index (χ3n) is 4.11. The molecule has 1 aromatic carbocycles. The first kappa shape index (κ1) is 17.2. The minimum absolute atomic E-state index is 0.185. The van der Waals surface area contributed by atoms with Crippen LogP contribution in [0, 0.1) is 6.92 Å². The summed E-state index contributed by atoms with van der Waals surface area (Å²) < 4.78 is 6.39. The van der Waals surface area contributed by atoms with Gasteiger partial charge in [0, 0.05) is 33.7 Å². The van der Waals surface area contributed by atoms with Gasteiger partial charge in [0.2, 0.25) is 5.78 Å². The van der Waals surface area contributed by atoms with E-state index in [1.54, 1.807) is 18.5 Å². The lowest BCUT2D eigenvalue weighted by atomic mass is 10.1. The Labute approximate surface area is 148 Å². The van der Waals surface area contributed by atoms with Crippen LogP contribution in [0.1, 0.15) is 28.5 Å². The highest BCUT2D eigenvalue weighted by Gasteiger charge is 2.16. The number of aryl methyl sites for hydroxylation is 2. The molecule has 0 spiro atoms. The molecule has 0 fully saturated rings. The van der Waals surface area contributed by atoms with Gasteiger partial charge >= 0.3 is 10.8 Å². The molecule has 130 valence electrons. The summed E-state index contributed by atoms with van der Waals surface area (Å²) >= 11 is 1.03. The maximum Gasteiger partial charge on any atom is 0.326 e. The van der Waals surface area contributed by atoms with Crippen LogP contribution in [0.4, 0.5) is 0 Å². The fraction of sp³-hybridized carbons (Fsp3) is 0.278. The number of ether oxygens (including phenoxy) is 1. The number of aromatic amines is 1. The largest absolute Gasteiger partial charge is 0.456 e. The molecular weight excluding hydrogens is 340 g/mol. The monoisotopic (exact) mass is 358 g/mol. The minimum atomic E-state index is -0.606. The number of rotatable bonds is 6. The van der Waals surface area contributed by atoms with Crippen molar-refractivity contribution in [3.05, 3.63) is 56.3 Å². The van der Waals surface area contributed by atoms with Crippen LogP contribution < -0.4 is 4.87 Å². The lowest BCUT2D eigenvalue weighted by Crippen LogP contribution is -2.24. The Morgan fingerprint density at radius 3 is 2.80 bits per heavy atom. The van der Waals surface area contributed by atoms with Crippen molar-refractivity contribution in [1.82, 2.24) is 9.55 Å². The van der Waals surface area contributed by atoms with E-state index in [0.717, 1.165) is 34.2 Å². The highest BCUT2D eigenvalue weighted by atomic mass is 32.1. The molecule has 0 atom stereocenters. The second-order valence-corrected chi connectivity index (χ2v) is 6.53. The number of Topliss-reactive ketones (excluding diaryl/α,β-unsaturated/α-hetero) is 1. The lowest BCUT2D eigenvalue weighted by Gasteiger charge is -2.06. The molecule has 0 radical (unpaired) electrons. The van der Waals surface area contributed by atoms with Crippen LogP contribution in [0.3, 0.4) is 0 Å². The van der Waals surface area contributed by atoms with E-state index in [2.05, 4.69) is 4.98 Å². The van der Waals surface area contributed by atoms with Crippen LogP contribution in [0.2, 0.25) is 0 Å². The average molecular weight is 358 g/mol. The smallest absolute Gasteiger partial charge is 0.326 e. The van der Waals surface area contributed by atoms with Crippen molar-refractivity contribution in [3.8, 4) is 0 Å². The third kappa shape index (κ3) is 3.41. The van der Waals surface area contributed by atoms with E-state index in [1.807, 2.05) is 25.1 Å². The number of thiazole rings is 1. The van der Waals surface area contributed by atoms with Crippen LogP contribution >= 0.6 is 11.3 Å². The molecule has 2 heterocycles. The van der Waals surface area contributed by atoms with Crippen molar-refractivity contribution in [3.63, 3.8) is 0 Å². The molecule has 0 aliphatic carbocycles. The second kappa shape index (κ2) is 7.06. The first-order chi connectivity index (χ1) is 12.0. The standard InChI is InChI=1S/C18H18N2O4S/c1-3-12-5-4-6-13-14(7-19-17(12)13)15(21)9-24-16(22)8-20-11(2)10-25-18(20)23/h4-7,10,19H,3,8-9H2,1-2H3. The Bertz CT molecular complexity index is 996. The van der Waals surface area contributed by atoms with Crippen molar-refractivity contribution in [1.29, 1.82) is 0 Å². The molecule has 0 saturated heterocycles. The fourth-order valence-corrected chi connectivity index (χ4v) is 3.47. The van der Waals surface area contributed by atoms with Crippen LogP contribution in [0.5, 0.6) is 0 Å². The van der Waals surface area contributed by atoms with E-state index in [0.29, 0.717) is 11.3 Å². The molecular formula is C18H18N2O4S. The Morgan fingerprint density at radius 1 is 1.32 bits per heavy atom. The molecule has 0 saturated carbocycles. The predicted octanol–water partition coefficient (Wildman–Crippen LogP) is 2.69. The number of nitrogens with zero attached hydrogens (tertiary/aromatic N) is 1. The predicted molar refractivity (Wildman–Crippen MR) is 96.3 cm³/mol. The molecule has 3 rings (SSSR count). The second-order valence-electron chi connectivity index (χ2n) is 5.71. The zero-order valence-electron chi connectivity index (χ0n) is 14.0. The molecule has 0 aliphatic heterocycles. The third-order valence-corrected chi connectivity index (χ3v) is 4.99. The van der Waals surface area contributed by atoms with E-state index in [9.17, 15) is 14.4 Å². The van der Waals surface area contributed by atoms with Gasteiger partial charge in [0.1, 0.15) is 6.54 Å². The summed E-state index contributed by atoms with van der Waals surface area (Å²) in [5.74, 6) is -0.881. The SMILES string of the molecule is CCc1cccc2c(C(=O)COC(=O)Cn3c(C)csc3=O)c[nH]c12. The van der Waals surface area contributed by atoms with Gasteiger partial charge in [-0.2, -0.15) is 0 Å². The first-order valence-electron chi connectivity index (χ1n) is 7.94. The number of benzene rings is 1. The van der Waals surface area contributed by atoms with Crippen molar-refractivity contribution in [2.24, 2.45) is 0 Å². The van der Waals surface area contributed by atoms with Crippen molar-refractivity contribution in [2.45, 2.75) is 26.8 Å². The van der Waals surface area contributed by atoms with E-state index in [1.165, 1.54) is 4.57 Å². The highest BCUT2D eigenvalue weighted by Crippen LogP contribution is 2.22. The number of esters is 1. The summed E-state index contributed by atoms with van der Waals surface area (Å²) in [5, 5.41) is 2.50. The molecule has 25 heavy (non-hydrogen) atoms. The molecule has 7 heteroatoms. The number of hydrogen-bond acceptors (Lipinski definition) is 5. The Hall–Kier alpha value is -2.67. The van der Waals surface area contributed by atoms with Gasteiger partial charge in [-0.15, -0.1) is 0 Å². The summed E-state index contributed by atoms with van der Waals surface area (Å²) in [5.41, 5.74) is 3.25. The molecule has 6 nitrogen and oxygen atoms in total. The van der Waals surface area contributed by atoms with E-state index < -0.39 is 5.97 Å². The number of hydrogen-bond donors (Lipinski definition) is 1. The molecule has 2 aromatic heterocycles. The highest BCUT2D eigenvalue weighted by molar-refractivity contribution is 7.07. The minimum Gasteiger partial charge on any atom is -0.456 e. The van der Waals surface area contributed by atoms with Gasteiger partial charge in [0.05, 0.1) is 0 Å². The van der Waals surface area contributed by atoms with Crippen LogP contribution in [-0.2, 0) is 22.5 Å². The van der Waals surface area contributed by atoms with Gasteiger partial charge < -0.3 is 9.72 Å². The summed E-state index contributed by atoms with van der Waals surface area (Å²) in [6.07, 6.45) is 2.50. The Kier molecular flexibility index (Phi) is 4.85. The fourth-order valence-electron chi connectivity index (χ4n) is 2.74. The Morgan fingerprint density at radius 2 is 2.12 bits per heavy atom. The summed E-state index contributed by atoms with van der Waals surface area (Å²) in [6.45, 7) is 3.26. The summed E-state index contributed by atoms with van der Waals surface area (Å²) in [6, 6.07) is 5.78. The maximum absolute atomic E-state index is 12.4. The average Bonchev–Trinajstić information content (AvgIpc) is 3.18. The van der Waals surface area contributed by atoms with Gasteiger partial charge in [0.15, 0.2) is 6.61 Å². The van der Waals surface area contributed by atoms with E-state index in [-0.39, 0.29) is 23.8 Å². The number of nitrogens with one attached hydrogen (secondary N) is 1. The molecule has 0 aliphatic rings. The number of ketones is 1. The van der Waals surface area contributed by atoms with E-state index >= 15 is 0 Å². The van der Waals surface area contributed by atoms with Crippen LogP contribution in [0.25, 0.3) is 10.9 Å². The first-order valence-corrected chi connectivity index (χ1v) is 8.82. The van der Waals surface area contributed by atoms with Crippen LogP contribution in [0.15, 0.2) is 34.6 Å². The molecule has 3 aromatic rings. The van der Waals surface area contributed by atoms with Gasteiger partial charge in [-0.25, -0.2) is 0 Å². The zero-order chi connectivity index (χ0) is 18.0. The van der Waals surface area contributed by atoms with Gasteiger partial charge in [-0.3, -0.25) is 19.0 Å². The number of para-hydroxylation sites is 1. The van der Waals surface area contributed by atoms with Gasteiger partial charge in [0.25, 0.3) is 0 Å². The molecule has 0 bridgehead atoms. The maximum atomic E-state index is 12.4. The van der Waals surface area contributed by atoms with Crippen molar-refractivity contribution < 1.29 is 14.3 Å². The van der Waals surface area contributed by atoms with Gasteiger partial charge in [-0.1, -0.05) is 36.5 Å². The quantitative estimate of drug-likeness (QED) is 0.543. The van der Waals surface area contributed by atoms with Crippen LogP contribution in [-0.4, -0.2) is 27.9 Å². The molecule has 0 unspecified atom stereocenters. The number of aromatic nitrogens is 2. The van der Waals surface area contributed by atoms with Crippen molar-refractivity contribution >= 4 is 34.0 Å². The van der Waals surface area contributed by atoms with Crippen molar-refractivity contribution in [2.75, 3.05) is 6.61 Å². The summed E-state index contributed by atoms with van der Waals surface area (Å²) in [7, 11) is 0. The van der Waals surface area contributed by atoms with E-state index in [4.69, 9.17) is 4.74 Å². The number of fused-ring (bicyclic) bond motifs is 1. The number of carbonyl (C=O) groups excluding carboxylic acids is 2. The molecule has 1 N–H and O–H groups in total. The molecule has 0 amide bonds. The lowest BCUT2D eigenvalue weighted by molar-refractivity contribution is -0.143. The van der Waals surface area contributed by atoms with Gasteiger partial charge in [-0.05, 0) is 18.9 Å². The topological polar surface area (TPSA) is 81.2 Å². The number of H-pyrrole nitrogens is 1. The number of carbonyl (C=O) groups is 2. The summed E-state index contributed by atoms with van der Waals surface area (Å²) in [4.78, 5) is 38.8. The zero-order valence-corrected chi connectivity index (χ0v) is 14.8. The Balaban J connectivity index is 1.69.